The van der Waals surface area contributed by atoms with Crippen molar-refractivity contribution in [1.82, 2.24) is 10.2 Å². The number of nitrogens with one attached hydrogen (secondary N) is 1. The topological polar surface area (TPSA) is 75.4 Å². The van der Waals surface area contributed by atoms with Crippen LogP contribution in [0.25, 0.3) is 0 Å². The molecule has 124 valence electrons. The van der Waals surface area contributed by atoms with E-state index in [2.05, 4.69) is 26.1 Å². The Morgan fingerprint density at radius 2 is 1.81 bits per heavy atom. The second-order valence-electron chi connectivity index (χ2n) is 6.81. The smallest absolute Gasteiger partial charge is 0.239 e. The summed E-state index contributed by atoms with van der Waals surface area (Å²) in [5, 5.41) is 2.82. The Morgan fingerprint density at radius 3 is 2.24 bits per heavy atom. The van der Waals surface area contributed by atoms with E-state index in [-0.39, 0.29) is 29.7 Å². The van der Waals surface area contributed by atoms with E-state index in [0.717, 1.165) is 19.3 Å². The van der Waals surface area contributed by atoms with Gasteiger partial charge >= 0.3 is 0 Å². The molecule has 0 aliphatic rings. The summed E-state index contributed by atoms with van der Waals surface area (Å²) in [6.45, 7) is 12.0. The van der Waals surface area contributed by atoms with Crippen molar-refractivity contribution in [2.75, 3.05) is 26.2 Å². The van der Waals surface area contributed by atoms with Crippen molar-refractivity contribution in [3.8, 4) is 0 Å². The van der Waals surface area contributed by atoms with Crippen molar-refractivity contribution < 1.29 is 9.59 Å². The highest BCUT2D eigenvalue weighted by molar-refractivity contribution is 5.86. The predicted molar refractivity (Wildman–Crippen MR) is 86.8 cm³/mol. The molecule has 0 aliphatic heterocycles. The summed E-state index contributed by atoms with van der Waals surface area (Å²) in [7, 11) is 0. The lowest BCUT2D eigenvalue weighted by atomic mass is 9.84. The molecule has 0 fully saturated rings. The molecule has 0 spiro atoms. The van der Waals surface area contributed by atoms with Crippen molar-refractivity contribution in [3.05, 3.63) is 0 Å². The monoisotopic (exact) mass is 299 g/mol. The van der Waals surface area contributed by atoms with Crippen molar-refractivity contribution in [2.45, 2.75) is 53.9 Å². The lowest BCUT2D eigenvalue weighted by molar-refractivity contribution is -0.140. The van der Waals surface area contributed by atoms with Gasteiger partial charge in [0.2, 0.25) is 11.8 Å². The summed E-state index contributed by atoms with van der Waals surface area (Å²) in [6.07, 6.45) is 2.46. The fraction of sp³-hybridized carbons (Fsp3) is 0.875. The zero-order chi connectivity index (χ0) is 16.5. The minimum atomic E-state index is -0.212. The van der Waals surface area contributed by atoms with Gasteiger partial charge < -0.3 is 16.0 Å². The Hall–Kier alpha value is -1.10. The second kappa shape index (κ2) is 9.77. The maximum Gasteiger partial charge on any atom is 0.239 e. The minimum absolute atomic E-state index is 0.000855. The number of carbonyl (C=O) groups excluding carboxylic acids is 2. The van der Waals surface area contributed by atoms with Crippen molar-refractivity contribution in [2.24, 2.45) is 17.1 Å². The van der Waals surface area contributed by atoms with Crippen LogP contribution in [-0.2, 0) is 9.59 Å². The summed E-state index contributed by atoms with van der Waals surface area (Å²) in [5.41, 5.74) is 5.82. The molecule has 0 radical (unpaired) electrons. The van der Waals surface area contributed by atoms with Crippen LogP contribution in [0, 0.1) is 11.3 Å². The van der Waals surface area contributed by atoms with Gasteiger partial charge in [-0.05, 0) is 24.7 Å². The lowest BCUT2D eigenvalue weighted by Gasteiger charge is -2.30. The largest absolute Gasteiger partial charge is 0.355 e. The summed E-state index contributed by atoms with van der Waals surface area (Å²) >= 11 is 0. The maximum absolute atomic E-state index is 12.6. The minimum Gasteiger partial charge on any atom is -0.355 e. The standard InChI is InChI=1S/C16H33N3O2/c1-6-8-18-14(20)12-19(9-7-2)15(21)13(11-17)10-16(3,4)5/h13H,6-12,17H2,1-5H3,(H,18,20). The van der Waals surface area contributed by atoms with Crippen molar-refractivity contribution in [3.63, 3.8) is 0 Å². The molecule has 5 nitrogen and oxygen atoms in total. The zero-order valence-electron chi connectivity index (χ0n) is 14.4. The second-order valence-corrected chi connectivity index (χ2v) is 6.81. The van der Waals surface area contributed by atoms with Gasteiger partial charge in [0.05, 0.1) is 12.5 Å². The molecule has 0 bridgehead atoms. The van der Waals surface area contributed by atoms with Crippen LogP contribution in [0.4, 0.5) is 0 Å². The van der Waals surface area contributed by atoms with Crippen LogP contribution in [-0.4, -0.2) is 42.9 Å². The number of amides is 2. The Kier molecular flexibility index (Phi) is 9.26. The van der Waals surface area contributed by atoms with Crippen LogP contribution in [0.3, 0.4) is 0 Å². The summed E-state index contributed by atoms with van der Waals surface area (Å²) in [4.78, 5) is 26.1. The quantitative estimate of drug-likeness (QED) is 0.681. The van der Waals surface area contributed by atoms with E-state index in [0.29, 0.717) is 19.6 Å². The van der Waals surface area contributed by atoms with Gasteiger partial charge in [0, 0.05) is 19.6 Å². The van der Waals surface area contributed by atoms with Gasteiger partial charge in [-0.2, -0.15) is 0 Å². The highest BCUT2D eigenvalue weighted by Crippen LogP contribution is 2.25. The number of carbonyl (C=O) groups is 2. The molecule has 0 aromatic rings. The first kappa shape index (κ1) is 19.9. The Labute approximate surface area is 129 Å². The third-order valence-electron chi connectivity index (χ3n) is 3.20. The van der Waals surface area contributed by atoms with E-state index in [1.807, 2.05) is 13.8 Å². The van der Waals surface area contributed by atoms with Gasteiger partial charge in [-0.3, -0.25) is 9.59 Å². The van der Waals surface area contributed by atoms with E-state index in [4.69, 9.17) is 5.73 Å². The molecule has 0 aromatic carbocycles. The van der Waals surface area contributed by atoms with E-state index >= 15 is 0 Å². The molecular formula is C16H33N3O2. The van der Waals surface area contributed by atoms with Gasteiger partial charge in [0.1, 0.15) is 0 Å². The van der Waals surface area contributed by atoms with Crippen LogP contribution in [0.15, 0.2) is 0 Å². The van der Waals surface area contributed by atoms with Crippen LogP contribution >= 0.6 is 0 Å². The highest BCUT2D eigenvalue weighted by atomic mass is 16.2. The van der Waals surface area contributed by atoms with E-state index in [9.17, 15) is 9.59 Å². The molecule has 2 amide bonds. The number of hydrogen-bond acceptors (Lipinski definition) is 3. The van der Waals surface area contributed by atoms with Crippen LogP contribution in [0.1, 0.15) is 53.9 Å². The molecular weight excluding hydrogens is 266 g/mol. The van der Waals surface area contributed by atoms with Gasteiger partial charge in [0.15, 0.2) is 0 Å². The number of hydrogen-bond donors (Lipinski definition) is 2. The number of rotatable bonds is 9. The first-order chi connectivity index (χ1) is 9.75. The van der Waals surface area contributed by atoms with Gasteiger partial charge in [-0.25, -0.2) is 0 Å². The van der Waals surface area contributed by atoms with Crippen molar-refractivity contribution >= 4 is 11.8 Å². The van der Waals surface area contributed by atoms with Crippen LogP contribution < -0.4 is 11.1 Å². The molecule has 5 heteroatoms. The highest BCUT2D eigenvalue weighted by Gasteiger charge is 2.28. The van der Waals surface area contributed by atoms with E-state index < -0.39 is 0 Å². The molecule has 0 rings (SSSR count). The van der Waals surface area contributed by atoms with Crippen LogP contribution in [0.5, 0.6) is 0 Å². The predicted octanol–water partition coefficient (Wildman–Crippen LogP) is 1.76. The SMILES string of the molecule is CCCNC(=O)CN(CCC)C(=O)C(CN)CC(C)(C)C. The molecule has 0 aromatic heterocycles. The molecule has 21 heavy (non-hydrogen) atoms. The average Bonchev–Trinajstić information content (AvgIpc) is 2.40. The fourth-order valence-electron chi connectivity index (χ4n) is 2.30. The molecule has 1 unspecified atom stereocenters. The third-order valence-corrected chi connectivity index (χ3v) is 3.20. The van der Waals surface area contributed by atoms with E-state index in [1.165, 1.54) is 0 Å². The lowest BCUT2D eigenvalue weighted by Crippen LogP contribution is -2.46. The Balaban J connectivity index is 4.75. The van der Waals surface area contributed by atoms with Gasteiger partial charge in [0.25, 0.3) is 0 Å². The molecule has 0 aliphatic carbocycles. The molecule has 3 N–H and O–H groups in total. The summed E-state index contributed by atoms with van der Waals surface area (Å²) in [6, 6.07) is 0. The molecule has 0 heterocycles. The third kappa shape index (κ3) is 8.71. The van der Waals surface area contributed by atoms with E-state index in [1.54, 1.807) is 4.90 Å². The molecule has 0 saturated heterocycles. The van der Waals surface area contributed by atoms with Crippen LogP contribution in [0.2, 0.25) is 0 Å². The van der Waals surface area contributed by atoms with Gasteiger partial charge in [-0.1, -0.05) is 34.6 Å². The normalized spacial score (nSPS) is 12.9. The first-order valence-corrected chi connectivity index (χ1v) is 8.00. The maximum atomic E-state index is 12.6. The summed E-state index contributed by atoms with van der Waals surface area (Å²) < 4.78 is 0. The first-order valence-electron chi connectivity index (χ1n) is 8.00. The van der Waals surface area contributed by atoms with Gasteiger partial charge in [-0.15, -0.1) is 0 Å². The fourth-order valence-corrected chi connectivity index (χ4v) is 2.30. The molecule has 1 atom stereocenters. The average molecular weight is 299 g/mol. The zero-order valence-corrected chi connectivity index (χ0v) is 14.4. The number of nitrogens with two attached hydrogens (primary N) is 1. The van der Waals surface area contributed by atoms with Crippen molar-refractivity contribution in [1.29, 1.82) is 0 Å². The summed E-state index contributed by atoms with van der Waals surface area (Å²) in [5.74, 6) is -0.304. The number of nitrogens with zero attached hydrogens (tertiary/aromatic N) is 1. The Morgan fingerprint density at radius 1 is 1.19 bits per heavy atom. The molecule has 0 saturated carbocycles. The Bertz CT molecular complexity index is 324.